The van der Waals surface area contributed by atoms with Crippen LogP contribution < -0.4 is 30.7 Å². The molecule has 0 unspecified atom stereocenters. The number of nitrogens with zero attached hydrogens (tertiary/aromatic N) is 1. The first-order valence-electron chi connectivity index (χ1n) is 21.8. The highest BCUT2D eigenvalue weighted by Crippen LogP contribution is 2.49. The summed E-state index contributed by atoms with van der Waals surface area (Å²) in [5.41, 5.74) is 0.823. The van der Waals surface area contributed by atoms with Crippen molar-refractivity contribution >= 4 is 17.4 Å². The Hall–Kier alpha value is -4.28. The summed E-state index contributed by atoms with van der Waals surface area (Å²) in [6.07, 6.45) is 17.1. The molecule has 0 spiro atoms. The number of allylic oxidation sites excluding steroid dienone is 2. The lowest BCUT2D eigenvalue weighted by Crippen LogP contribution is -2.51. The zero-order valence-electron chi connectivity index (χ0n) is 35.6. The van der Waals surface area contributed by atoms with Crippen molar-refractivity contribution in [3.63, 3.8) is 0 Å². The highest BCUT2D eigenvalue weighted by Gasteiger charge is 2.47. The van der Waals surface area contributed by atoms with Crippen molar-refractivity contribution in [1.82, 2.24) is 16.0 Å². The summed E-state index contributed by atoms with van der Waals surface area (Å²) in [4.78, 5) is 18.7. The molecule has 2 aromatic carbocycles. The third-order valence-electron chi connectivity index (χ3n) is 13.1. The number of aromatic hydroxyl groups is 2. The van der Waals surface area contributed by atoms with E-state index in [0.29, 0.717) is 74.4 Å². The summed E-state index contributed by atoms with van der Waals surface area (Å²) in [6, 6.07) is 12.2. The first-order chi connectivity index (χ1) is 28.5. The molecule has 0 radical (unpaired) electrons. The topological polar surface area (TPSA) is 166 Å². The van der Waals surface area contributed by atoms with Gasteiger partial charge in [0.25, 0.3) is 0 Å². The molecule has 12 nitrogen and oxygen atoms in total. The Morgan fingerprint density at radius 1 is 1.05 bits per heavy atom. The van der Waals surface area contributed by atoms with Crippen LogP contribution in [0.25, 0.3) is 0 Å². The van der Waals surface area contributed by atoms with Gasteiger partial charge >= 0.3 is 0 Å². The van der Waals surface area contributed by atoms with Crippen molar-refractivity contribution in [2.75, 3.05) is 46.2 Å². The number of aliphatic imine (C=N–C) groups is 1. The molecule has 1 heterocycles. The molecule has 2 aromatic rings. The number of aliphatic hydroxyl groups excluding tert-OH is 1. The SMILES string of the molecule is CN=C1NC#CC[C@@H]2CCC[C@]2(Cc2ccc(O)c(OC)c2)C(=O)/C=C/CCc2cc(c(O)c(O[C@]3(CNC)CC[C@@H](CCOC4(NC[C@H](C)O)CCCCC4)C3)c2)N1. The van der Waals surface area contributed by atoms with E-state index in [1.165, 1.54) is 13.5 Å². The van der Waals surface area contributed by atoms with Crippen molar-refractivity contribution in [2.24, 2.45) is 22.2 Å². The van der Waals surface area contributed by atoms with Gasteiger partial charge in [0.15, 0.2) is 28.8 Å². The molecule has 5 atom stereocenters. The maximum absolute atomic E-state index is 14.3. The van der Waals surface area contributed by atoms with E-state index in [1.54, 1.807) is 26.1 Å². The van der Waals surface area contributed by atoms with Gasteiger partial charge in [-0.2, -0.15) is 0 Å². The number of aryl methyl sites for hydroxylation is 1. The minimum atomic E-state index is -0.628. The summed E-state index contributed by atoms with van der Waals surface area (Å²) in [7, 11) is 5.13. The lowest BCUT2D eigenvalue weighted by atomic mass is 9.69. The van der Waals surface area contributed by atoms with E-state index in [4.69, 9.17) is 14.2 Å². The van der Waals surface area contributed by atoms with Crippen LogP contribution in [0.2, 0.25) is 0 Å². The summed E-state index contributed by atoms with van der Waals surface area (Å²) < 4.78 is 18.9. The highest BCUT2D eigenvalue weighted by atomic mass is 16.5. The number of phenolic OH excluding ortho intramolecular Hbond substituents is 2. The number of hydrogen-bond acceptors (Lipinski definition) is 10. The van der Waals surface area contributed by atoms with E-state index < -0.39 is 17.1 Å². The minimum absolute atomic E-state index is 0.00350. The fourth-order valence-electron chi connectivity index (χ4n) is 9.96. The maximum atomic E-state index is 14.3. The predicted octanol–water partition coefficient (Wildman–Crippen LogP) is 6.72. The number of likely N-dealkylation sites (N-methyl/N-ethyl adjacent to an activating group) is 1. The minimum Gasteiger partial charge on any atom is -0.504 e. The molecule has 3 saturated carbocycles. The van der Waals surface area contributed by atoms with Crippen molar-refractivity contribution in [2.45, 2.75) is 127 Å². The summed E-state index contributed by atoms with van der Waals surface area (Å²) >= 11 is 0. The lowest BCUT2D eigenvalue weighted by molar-refractivity contribution is -0.125. The number of guanidine groups is 1. The third-order valence-corrected chi connectivity index (χ3v) is 13.1. The number of ketones is 1. The van der Waals surface area contributed by atoms with Crippen LogP contribution in [-0.4, -0.2) is 85.4 Å². The molecule has 6 rings (SSSR count). The van der Waals surface area contributed by atoms with Crippen LogP contribution in [0, 0.1) is 29.2 Å². The number of methoxy groups -OCH3 is 1. The van der Waals surface area contributed by atoms with E-state index in [9.17, 15) is 20.1 Å². The number of nitrogens with one attached hydrogen (secondary N) is 4. The molecule has 0 aromatic heterocycles. The fourth-order valence-corrected chi connectivity index (χ4v) is 9.96. The number of rotatable bonds is 14. The molecule has 322 valence electrons. The molecule has 3 fully saturated rings. The first-order valence-corrected chi connectivity index (χ1v) is 21.8. The smallest absolute Gasteiger partial charge is 0.207 e. The highest BCUT2D eigenvalue weighted by molar-refractivity contribution is 5.97. The number of anilines is 1. The predicted molar refractivity (Wildman–Crippen MR) is 232 cm³/mol. The third kappa shape index (κ3) is 11.1. The Morgan fingerprint density at radius 3 is 2.64 bits per heavy atom. The monoisotopic (exact) mass is 814 g/mol. The van der Waals surface area contributed by atoms with E-state index in [0.717, 1.165) is 81.8 Å². The standard InChI is InChI=1S/C47H67N5O7/c1-33(53)31-51-47(21-8-5-9-22-47)58-25-19-34-18-23-45(29-34,32-48-2)59-41-27-35-12-6-7-15-42(55)46(30-36-16-17-39(54)40(28-36)57-4)20-10-13-37(46)14-11-24-50-44(49-3)52-38(26-35)43(41)56/h7,15-17,26-28,33-34,37,48,51,53-54,56H,5-6,8-10,12-14,18-23,25,29-32H2,1-4H3,(H2,49,50,52)/b15-7+/t33-,34-,37-,45+,46+/m0/s1. The van der Waals surface area contributed by atoms with Gasteiger partial charge in [-0.15, -0.1) is 0 Å². The van der Waals surface area contributed by atoms with Gasteiger partial charge in [0.1, 0.15) is 11.3 Å². The number of hydrogen-bond donors (Lipinski definition) is 7. The Labute approximate surface area is 351 Å². The lowest BCUT2D eigenvalue weighted by Gasteiger charge is -2.39. The second-order valence-electron chi connectivity index (χ2n) is 17.4. The molecular weight excluding hydrogens is 747 g/mol. The molecular formula is C47H67N5O7. The van der Waals surface area contributed by atoms with Crippen LogP contribution in [0.1, 0.15) is 108 Å². The summed E-state index contributed by atoms with van der Waals surface area (Å²) in [5, 5.41) is 45.2. The number of aliphatic hydroxyl groups is 1. The zero-order valence-corrected chi connectivity index (χ0v) is 35.6. The quantitative estimate of drug-likeness (QED) is 0.0615. The average Bonchev–Trinajstić information content (AvgIpc) is 3.83. The molecule has 0 saturated heterocycles. The number of benzene rings is 2. The van der Waals surface area contributed by atoms with Crippen LogP contribution in [0.15, 0.2) is 47.5 Å². The van der Waals surface area contributed by atoms with Crippen molar-refractivity contribution in [1.29, 1.82) is 0 Å². The Morgan fingerprint density at radius 2 is 1.88 bits per heavy atom. The van der Waals surface area contributed by atoms with Crippen molar-refractivity contribution in [3.8, 4) is 35.0 Å². The Kier molecular flexibility index (Phi) is 15.2. The molecule has 59 heavy (non-hydrogen) atoms. The number of carbonyl (C=O) groups excluding carboxylic acids is 1. The van der Waals surface area contributed by atoms with E-state index in [1.807, 2.05) is 37.4 Å². The van der Waals surface area contributed by atoms with Gasteiger partial charge in [-0.1, -0.05) is 30.9 Å². The zero-order chi connectivity index (χ0) is 41.9. The van der Waals surface area contributed by atoms with E-state index in [-0.39, 0.29) is 28.9 Å². The van der Waals surface area contributed by atoms with E-state index in [2.05, 4.69) is 38.2 Å². The number of ether oxygens (including phenoxy) is 3. The van der Waals surface area contributed by atoms with E-state index >= 15 is 0 Å². The van der Waals surface area contributed by atoms with Gasteiger partial charge in [0.05, 0.1) is 18.9 Å². The van der Waals surface area contributed by atoms with Gasteiger partial charge in [0.2, 0.25) is 5.96 Å². The van der Waals surface area contributed by atoms with Crippen LogP contribution in [0.4, 0.5) is 5.69 Å². The Balaban J connectivity index is 1.20. The maximum Gasteiger partial charge on any atom is 0.207 e. The van der Waals surface area contributed by atoms with Gasteiger partial charge in [0, 0.05) is 44.6 Å². The molecule has 7 N–H and O–H groups in total. The van der Waals surface area contributed by atoms with Crippen LogP contribution in [0.5, 0.6) is 23.0 Å². The number of fused-ring (bicyclic) bond motifs is 3. The second kappa shape index (κ2) is 20.3. The fraction of sp³-hybridized carbons (Fsp3) is 0.617. The molecule has 2 bridgehead atoms. The normalized spacial score (nSPS) is 27.5. The second-order valence-corrected chi connectivity index (χ2v) is 17.4. The average molecular weight is 814 g/mol. The Bertz CT molecular complexity index is 1860. The first kappa shape index (κ1) is 44.3. The van der Waals surface area contributed by atoms with Crippen molar-refractivity contribution < 1.29 is 34.3 Å². The van der Waals surface area contributed by atoms with Gasteiger partial charge in [-0.05, 0) is 151 Å². The largest absolute Gasteiger partial charge is 0.504 e. The molecule has 1 aliphatic heterocycles. The van der Waals surface area contributed by atoms with Gasteiger partial charge in [-0.3, -0.25) is 20.4 Å². The van der Waals surface area contributed by atoms with Crippen LogP contribution in [0.3, 0.4) is 0 Å². The van der Waals surface area contributed by atoms with Gasteiger partial charge < -0.3 is 40.2 Å². The van der Waals surface area contributed by atoms with Gasteiger partial charge in [-0.25, -0.2) is 0 Å². The number of phenols is 2. The van der Waals surface area contributed by atoms with Crippen LogP contribution >= 0.6 is 0 Å². The molecule has 12 heteroatoms. The number of carbonyl (C=O) groups is 1. The summed E-state index contributed by atoms with van der Waals surface area (Å²) in [6.45, 7) is 3.59. The van der Waals surface area contributed by atoms with Crippen molar-refractivity contribution in [3.05, 3.63) is 53.6 Å². The molecule has 0 amide bonds. The molecule has 3 aliphatic carbocycles. The van der Waals surface area contributed by atoms with Crippen LogP contribution in [-0.2, 0) is 22.4 Å². The summed E-state index contributed by atoms with van der Waals surface area (Å²) in [5.74, 6) is 5.07. The molecule has 4 aliphatic rings.